The zero-order valence-electron chi connectivity index (χ0n) is 19.2. The molecule has 3 aromatic carbocycles. The van der Waals surface area contributed by atoms with E-state index in [9.17, 15) is 27.1 Å². The van der Waals surface area contributed by atoms with Crippen LogP contribution in [0.1, 0.15) is 22.8 Å². The van der Waals surface area contributed by atoms with Crippen molar-refractivity contribution < 1.29 is 36.6 Å². The van der Waals surface area contributed by atoms with Gasteiger partial charge in [-0.25, -0.2) is 17.2 Å². The van der Waals surface area contributed by atoms with Crippen LogP contribution in [0.5, 0.6) is 11.5 Å². The third-order valence-electron chi connectivity index (χ3n) is 5.26. The first kappa shape index (κ1) is 25.9. The second-order valence-corrected chi connectivity index (χ2v) is 9.46. The quantitative estimate of drug-likeness (QED) is 0.461. The summed E-state index contributed by atoms with van der Waals surface area (Å²) in [6.45, 7) is 0.845. The third-order valence-corrected chi connectivity index (χ3v) is 7.02. The Morgan fingerprint density at radius 1 is 1.03 bits per heavy atom. The summed E-state index contributed by atoms with van der Waals surface area (Å²) < 4.78 is 67.2. The second-order valence-electron chi connectivity index (χ2n) is 7.59. The van der Waals surface area contributed by atoms with E-state index in [0.29, 0.717) is 9.87 Å². The number of halogens is 2. The summed E-state index contributed by atoms with van der Waals surface area (Å²) in [4.78, 5) is 11.6. The summed E-state index contributed by atoms with van der Waals surface area (Å²) in [6, 6.07) is 11.1. The van der Waals surface area contributed by atoms with Gasteiger partial charge in [0.15, 0.2) is 11.5 Å². The smallest absolute Gasteiger partial charge is 0.264 e. The number of rotatable bonds is 9. The average molecular weight is 507 g/mol. The molecule has 186 valence electrons. The maximum absolute atomic E-state index is 14.5. The molecule has 0 saturated carbocycles. The minimum Gasteiger partial charge on any atom is -0.493 e. The molecular formula is C24H24F2N2O6S. The van der Waals surface area contributed by atoms with Gasteiger partial charge in [0.25, 0.3) is 10.0 Å². The van der Waals surface area contributed by atoms with Crippen molar-refractivity contribution in [3.8, 4) is 11.5 Å². The van der Waals surface area contributed by atoms with E-state index in [1.807, 2.05) is 0 Å². The summed E-state index contributed by atoms with van der Waals surface area (Å²) in [5, 5.41) is 11.0. The van der Waals surface area contributed by atoms with Gasteiger partial charge in [-0.05, 0) is 37.3 Å². The highest BCUT2D eigenvalue weighted by molar-refractivity contribution is 7.92. The average Bonchev–Trinajstić information content (AvgIpc) is 2.81. The number of nitrogens with two attached hydrogens (primary N) is 1. The number of aliphatic hydroxyl groups is 1. The summed E-state index contributed by atoms with van der Waals surface area (Å²) >= 11 is 0. The summed E-state index contributed by atoms with van der Waals surface area (Å²) in [7, 11) is -1.77. The van der Waals surface area contributed by atoms with Crippen LogP contribution in [0, 0.1) is 18.6 Å². The number of aliphatic hydroxyl groups excluding tert-OH is 1. The Morgan fingerprint density at radius 2 is 1.66 bits per heavy atom. The number of anilines is 1. The lowest BCUT2D eigenvalue weighted by Gasteiger charge is -2.28. The highest BCUT2D eigenvalue weighted by Gasteiger charge is 2.32. The Labute approximate surface area is 201 Å². The fraction of sp³-hybridized carbons (Fsp3) is 0.208. The number of benzene rings is 3. The predicted molar refractivity (Wildman–Crippen MR) is 125 cm³/mol. The van der Waals surface area contributed by atoms with Gasteiger partial charge in [-0.2, -0.15) is 0 Å². The second kappa shape index (κ2) is 10.3. The monoisotopic (exact) mass is 506 g/mol. The van der Waals surface area contributed by atoms with E-state index in [4.69, 9.17) is 15.2 Å². The molecule has 3 N–H and O–H groups in total. The normalized spacial score (nSPS) is 12.2. The molecule has 1 unspecified atom stereocenters. The molecular weight excluding hydrogens is 482 g/mol. The number of aryl methyl sites for hydroxylation is 1. The Balaban J connectivity index is 2.24. The van der Waals surface area contributed by atoms with E-state index in [0.717, 1.165) is 18.2 Å². The van der Waals surface area contributed by atoms with Gasteiger partial charge in [0.1, 0.15) is 24.3 Å². The Kier molecular flexibility index (Phi) is 7.61. The molecule has 0 saturated heterocycles. The maximum atomic E-state index is 14.5. The van der Waals surface area contributed by atoms with Crippen LogP contribution in [0.2, 0.25) is 0 Å². The van der Waals surface area contributed by atoms with Crippen molar-refractivity contribution in [3.05, 3.63) is 82.9 Å². The SMILES string of the molecule is COc1ccc(S(=O)(=O)N(CC(N)=O)c2ccc(C)cc2C(O)c2c(F)cccc2F)cc1OC. The van der Waals surface area contributed by atoms with Crippen molar-refractivity contribution >= 4 is 21.6 Å². The van der Waals surface area contributed by atoms with Gasteiger partial charge in [0.2, 0.25) is 5.91 Å². The molecule has 1 amide bonds. The lowest BCUT2D eigenvalue weighted by atomic mass is 9.97. The number of methoxy groups -OCH3 is 2. The minimum atomic E-state index is -4.48. The first-order valence-electron chi connectivity index (χ1n) is 10.3. The predicted octanol–water partition coefficient (Wildman–Crippen LogP) is 3.05. The summed E-state index contributed by atoms with van der Waals surface area (Å²) in [5.41, 5.74) is 4.94. The molecule has 3 rings (SSSR count). The van der Waals surface area contributed by atoms with Crippen molar-refractivity contribution in [3.63, 3.8) is 0 Å². The highest BCUT2D eigenvalue weighted by Crippen LogP contribution is 2.37. The molecule has 0 bridgehead atoms. The molecule has 3 aromatic rings. The number of ether oxygens (including phenoxy) is 2. The van der Waals surface area contributed by atoms with Crippen molar-refractivity contribution in [1.29, 1.82) is 0 Å². The van der Waals surface area contributed by atoms with Gasteiger partial charge in [0.05, 0.1) is 30.4 Å². The van der Waals surface area contributed by atoms with Crippen molar-refractivity contribution in [2.45, 2.75) is 17.9 Å². The Morgan fingerprint density at radius 3 is 2.23 bits per heavy atom. The number of nitrogens with zero attached hydrogens (tertiary/aromatic N) is 1. The molecule has 0 aliphatic rings. The van der Waals surface area contributed by atoms with Gasteiger partial charge in [-0.3, -0.25) is 9.10 Å². The Bertz CT molecular complexity index is 1340. The fourth-order valence-electron chi connectivity index (χ4n) is 3.59. The van der Waals surface area contributed by atoms with E-state index in [2.05, 4.69) is 0 Å². The van der Waals surface area contributed by atoms with E-state index in [1.54, 1.807) is 6.92 Å². The van der Waals surface area contributed by atoms with E-state index in [1.165, 1.54) is 50.6 Å². The number of amides is 1. The van der Waals surface area contributed by atoms with Crippen LogP contribution in [0.25, 0.3) is 0 Å². The van der Waals surface area contributed by atoms with E-state index in [-0.39, 0.29) is 27.6 Å². The number of carbonyl (C=O) groups is 1. The van der Waals surface area contributed by atoms with Crippen molar-refractivity contribution in [1.82, 2.24) is 0 Å². The standard InChI is InChI=1S/C24H24F2N2O6S/c1-14-7-9-19(16(11-14)24(30)23-17(25)5-4-6-18(23)26)28(13-22(27)29)35(31,32)15-8-10-20(33-2)21(12-15)34-3/h4-12,24,30H,13H2,1-3H3,(H2,27,29). The molecule has 0 fully saturated rings. The molecule has 8 nitrogen and oxygen atoms in total. The van der Waals surface area contributed by atoms with Crippen LogP contribution in [0.4, 0.5) is 14.5 Å². The van der Waals surface area contributed by atoms with Gasteiger partial charge >= 0.3 is 0 Å². The van der Waals surface area contributed by atoms with Crippen LogP contribution >= 0.6 is 0 Å². The molecule has 0 spiro atoms. The summed E-state index contributed by atoms with van der Waals surface area (Å²) in [6.07, 6.45) is -1.89. The van der Waals surface area contributed by atoms with Crippen LogP contribution in [-0.4, -0.2) is 40.2 Å². The van der Waals surface area contributed by atoms with E-state index >= 15 is 0 Å². The van der Waals surface area contributed by atoms with Crippen LogP contribution < -0.4 is 19.5 Å². The highest BCUT2D eigenvalue weighted by atomic mass is 32.2. The molecule has 0 radical (unpaired) electrons. The zero-order valence-corrected chi connectivity index (χ0v) is 20.0. The van der Waals surface area contributed by atoms with Crippen molar-refractivity contribution in [2.24, 2.45) is 5.73 Å². The maximum Gasteiger partial charge on any atom is 0.264 e. The van der Waals surface area contributed by atoms with Crippen molar-refractivity contribution in [2.75, 3.05) is 25.1 Å². The molecule has 0 aliphatic carbocycles. The fourth-order valence-corrected chi connectivity index (χ4v) is 5.07. The lowest BCUT2D eigenvalue weighted by molar-refractivity contribution is -0.116. The topological polar surface area (TPSA) is 119 Å². The van der Waals surface area contributed by atoms with Gasteiger partial charge in [0, 0.05) is 11.6 Å². The van der Waals surface area contributed by atoms with E-state index < -0.39 is 45.8 Å². The first-order valence-corrected chi connectivity index (χ1v) is 11.7. The molecule has 1 atom stereocenters. The van der Waals surface area contributed by atoms with Gasteiger partial charge in [-0.1, -0.05) is 23.8 Å². The number of sulfonamides is 1. The minimum absolute atomic E-state index is 0.116. The molecule has 0 aliphatic heterocycles. The first-order chi connectivity index (χ1) is 16.5. The molecule has 11 heteroatoms. The lowest BCUT2D eigenvalue weighted by Crippen LogP contribution is -2.39. The summed E-state index contributed by atoms with van der Waals surface area (Å²) in [5.74, 6) is -2.64. The van der Waals surface area contributed by atoms with Crippen LogP contribution in [0.15, 0.2) is 59.5 Å². The molecule has 0 heterocycles. The number of hydrogen-bond acceptors (Lipinski definition) is 6. The molecule has 0 aromatic heterocycles. The van der Waals surface area contributed by atoms with Gasteiger partial charge < -0.3 is 20.3 Å². The number of hydrogen-bond donors (Lipinski definition) is 2. The zero-order chi connectivity index (χ0) is 25.9. The number of carbonyl (C=O) groups excluding carboxylic acids is 1. The third kappa shape index (κ3) is 5.20. The van der Waals surface area contributed by atoms with Crippen LogP contribution in [0.3, 0.4) is 0 Å². The number of primary amides is 1. The largest absolute Gasteiger partial charge is 0.493 e. The van der Waals surface area contributed by atoms with Gasteiger partial charge in [-0.15, -0.1) is 0 Å². The van der Waals surface area contributed by atoms with Crippen LogP contribution in [-0.2, 0) is 14.8 Å². The Hall–Kier alpha value is -3.70. The molecule has 35 heavy (non-hydrogen) atoms.